The molecule has 0 saturated carbocycles. The van der Waals surface area contributed by atoms with E-state index in [2.05, 4.69) is 15.5 Å². The molecule has 1 aliphatic rings. The summed E-state index contributed by atoms with van der Waals surface area (Å²) in [6.07, 6.45) is 1.93. The number of carbonyl (C=O) groups is 1. The molecule has 6 nitrogen and oxygen atoms in total. The Morgan fingerprint density at radius 2 is 1.94 bits per heavy atom. The van der Waals surface area contributed by atoms with Crippen molar-refractivity contribution in [3.05, 3.63) is 64.7 Å². The summed E-state index contributed by atoms with van der Waals surface area (Å²) in [5.74, 6) is -0.432. The van der Waals surface area contributed by atoms with Crippen molar-refractivity contribution in [2.45, 2.75) is 58.3 Å². The topological polar surface area (TPSA) is 64.7 Å². The molecule has 164 valence electrons. The molecule has 2 aromatic heterocycles. The molecule has 9 heteroatoms. The van der Waals surface area contributed by atoms with Crippen LogP contribution in [0.1, 0.15) is 47.3 Å². The molecule has 0 bridgehead atoms. The average molecular weight is 431 g/mol. The third-order valence-corrected chi connectivity index (χ3v) is 5.58. The Hall–Kier alpha value is -3.10. The molecule has 0 saturated heterocycles. The van der Waals surface area contributed by atoms with Gasteiger partial charge in [-0.2, -0.15) is 23.4 Å². The molecule has 0 atom stereocenters. The Bertz CT molecular complexity index is 1080. The van der Waals surface area contributed by atoms with Crippen LogP contribution in [0.5, 0.6) is 0 Å². The van der Waals surface area contributed by atoms with Crippen molar-refractivity contribution in [1.29, 1.82) is 0 Å². The summed E-state index contributed by atoms with van der Waals surface area (Å²) in [6, 6.07) is 7.95. The van der Waals surface area contributed by atoms with Gasteiger partial charge in [-0.1, -0.05) is 30.7 Å². The van der Waals surface area contributed by atoms with Crippen LogP contribution >= 0.6 is 0 Å². The molecular formula is C22H24F3N5O. The minimum atomic E-state index is -4.52. The van der Waals surface area contributed by atoms with Crippen molar-refractivity contribution < 1.29 is 18.0 Å². The molecule has 0 unspecified atom stereocenters. The monoisotopic (exact) mass is 431 g/mol. The van der Waals surface area contributed by atoms with Gasteiger partial charge in [0.15, 0.2) is 5.69 Å². The summed E-state index contributed by atoms with van der Waals surface area (Å²) in [4.78, 5) is 12.5. The van der Waals surface area contributed by atoms with E-state index in [4.69, 9.17) is 0 Å². The van der Waals surface area contributed by atoms with Crippen LogP contribution in [0, 0.1) is 6.92 Å². The van der Waals surface area contributed by atoms with Gasteiger partial charge >= 0.3 is 6.18 Å². The number of carbonyl (C=O) groups excluding carboxylic acids is 1. The largest absolute Gasteiger partial charge is 0.435 e. The van der Waals surface area contributed by atoms with Crippen LogP contribution in [0.3, 0.4) is 0 Å². The lowest BCUT2D eigenvalue weighted by Gasteiger charge is -2.08. The Morgan fingerprint density at radius 1 is 1.16 bits per heavy atom. The Balaban J connectivity index is 1.47. The maximum atomic E-state index is 13.4. The molecule has 0 radical (unpaired) electrons. The zero-order valence-electron chi connectivity index (χ0n) is 17.2. The van der Waals surface area contributed by atoms with E-state index in [1.165, 1.54) is 10.9 Å². The molecule has 1 N–H and O–H groups in total. The molecule has 3 aromatic rings. The molecule has 31 heavy (non-hydrogen) atoms. The number of nitrogens with one attached hydrogen (secondary N) is 1. The number of aromatic nitrogens is 4. The number of fused-ring (bicyclic) bond motifs is 1. The molecule has 4 rings (SSSR count). The maximum Gasteiger partial charge on any atom is 0.435 e. The molecular weight excluding hydrogens is 407 g/mol. The lowest BCUT2D eigenvalue weighted by molar-refractivity contribution is -0.142. The molecule has 1 aliphatic carbocycles. The van der Waals surface area contributed by atoms with E-state index in [-0.39, 0.29) is 12.1 Å². The maximum absolute atomic E-state index is 13.4. The normalized spacial score (nSPS) is 14.2. The fourth-order valence-electron chi connectivity index (χ4n) is 4.02. The van der Waals surface area contributed by atoms with Crippen LogP contribution in [-0.4, -0.2) is 25.5 Å². The quantitative estimate of drug-likeness (QED) is 0.611. The van der Waals surface area contributed by atoms with Crippen LogP contribution in [0.2, 0.25) is 0 Å². The number of nitrogens with zero attached hydrogens (tertiary/aromatic N) is 4. The summed E-state index contributed by atoms with van der Waals surface area (Å²) >= 11 is 0. The number of hydrogen-bond donors (Lipinski definition) is 1. The first-order chi connectivity index (χ1) is 14.8. The lowest BCUT2D eigenvalue weighted by atomic mass is 10.1. The molecule has 2 heterocycles. The molecule has 0 aliphatic heterocycles. The first kappa shape index (κ1) is 21.1. The van der Waals surface area contributed by atoms with Crippen molar-refractivity contribution in [3.63, 3.8) is 0 Å². The highest BCUT2D eigenvalue weighted by Gasteiger charge is 2.39. The second kappa shape index (κ2) is 8.56. The van der Waals surface area contributed by atoms with Crippen LogP contribution in [0.15, 0.2) is 36.7 Å². The van der Waals surface area contributed by atoms with Gasteiger partial charge in [-0.25, -0.2) is 0 Å². The summed E-state index contributed by atoms with van der Waals surface area (Å²) in [6.45, 7) is 2.31. The Labute approximate surface area is 178 Å². The van der Waals surface area contributed by atoms with Crippen molar-refractivity contribution in [2.75, 3.05) is 5.32 Å². The van der Waals surface area contributed by atoms with E-state index in [9.17, 15) is 18.0 Å². The van der Waals surface area contributed by atoms with E-state index >= 15 is 0 Å². The number of alkyl halides is 3. The number of benzene rings is 1. The number of aryl methyl sites for hydroxylation is 1. The number of rotatable bonds is 5. The minimum absolute atomic E-state index is 0.240. The SMILES string of the molecule is Cc1ccccc1Cn1cc(NC(=O)Cn2nc(C(F)(F)F)c3c2CCCCC3)cn1. The van der Waals surface area contributed by atoms with Crippen LogP contribution in [-0.2, 0) is 36.9 Å². The summed E-state index contributed by atoms with van der Waals surface area (Å²) < 4.78 is 43.2. The van der Waals surface area contributed by atoms with Crippen LogP contribution in [0.4, 0.5) is 18.9 Å². The molecule has 1 amide bonds. The first-order valence-electron chi connectivity index (χ1n) is 10.3. The smallest absolute Gasteiger partial charge is 0.322 e. The lowest BCUT2D eigenvalue weighted by Crippen LogP contribution is -2.21. The standard InChI is InChI=1S/C22H24F3N5O/c1-15-7-5-6-8-16(15)12-29-13-17(11-26-29)27-20(31)14-30-19-10-4-2-3-9-18(19)21(28-30)22(23,24)25/h5-8,11,13H,2-4,9-10,12,14H2,1H3,(H,27,31). The van der Waals surface area contributed by atoms with Gasteiger partial charge in [0.2, 0.25) is 5.91 Å². The van der Waals surface area contributed by atoms with Crippen LogP contribution < -0.4 is 5.32 Å². The van der Waals surface area contributed by atoms with Crippen molar-refractivity contribution in [1.82, 2.24) is 19.6 Å². The molecule has 0 fully saturated rings. The number of anilines is 1. The van der Waals surface area contributed by atoms with Gasteiger partial charge in [0, 0.05) is 17.5 Å². The summed E-state index contributed by atoms with van der Waals surface area (Å²) in [5, 5.41) is 10.7. The Kier molecular flexibility index (Phi) is 5.84. The zero-order valence-corrected chi connectivity index (χ0v) is 17.2. The number of amides is 1. The highest BCUT2D eigenvalue weighted by atomic mass is 19.4. The van der Waals surface area contributed by atoms with Gasteiger partial charge in [0.1, 0.15) is 6.54 Å². The highest BCUT2D eigenvalue weighted by Crippen LogP contribution is 2.35. The summed E-state index contributed by atoms with van der Waals surface area (Å²) in [5.41, 5.74) is 2.65. The Morgan fingerprint density at radius 3 is 2.71 bits per heavy atom. The summed E-state index contributed by atoms with van der Waals surface area (Å²) in [7, 11) is 0. The van der Waals surface area contributed by atoms with Crippen LogP contribution in [0.25, 0.3) is 0 Å². The van der Waals surface area contributed by atoms with E-state index in [0.717, 1.165) is 24.0 Å². The predicted octanol–water partition coefficient (Wildman–Crippen LogP) is 4.36. The van der Waals surface area contributed by atoms with Gasteiger partial charge in [-0.3, -0.25) is 14.2 Å². The van der Waals surface area contributed by atoms with Crippen molar-refractivity contribution in [2.24, 2.45) is 0 Å². The van der Waals surface area contributed by atoms with E-state index in [1.807, 2.05) is 31.2 Å². The van der Waals surface area contributed by atoms with Gasteiger partial charge in [0.05, 0.1) is 18.4 Å². The fourth-order valence-corrected chi connectivity index (χ4v) is 4.02. The van der Waals surface area contributed by atoms with Crippen molar-refractivity contribution >= 4 is 11.6 Å². The van der Waals surface area contributed by atoms with Crippen molar-refractivity contribution in [3.8, 4) is 0 Å². The first-order valence-corrected chi connectivity index (χ1v) is 10.3. The van der Waals surface area contributed by atoms with Gasteiger partial charge in [0.25, 0.3) is 0 Å². The third-order valence-electron chi connectivity index (χ3n) is 5.58. The van der Waals surface area contributed by atoms with E-state index < -0.39 is 17.8 Å². The minimum Gasteiger partial charge on any atom is -0.322 e. The molecule has 1 aromatic carbocycles. The fraction of sp³-hybridized carbons (Fsp3) is 0.409. The number of hydrogen-bond acceptors (Lipinski definition) is 3. The van der Waals surface area contributed by atoms with Gasteiger partial charge in [-0.05, 0) is 43.7 Å². The highest BCUT2D eigenvalue weighted by molar-refractivity contribution is 5.90. The van der Waals surface area contributed by atoms with Gasteiger partial charge in [-0.15, -0.1) is 0 Å². The second-order valence-electron chi connectivity index (χ2n) is 7.89. The zero-order chi connectivity index (χ0) is 22.0. The average Bonchev–Trinajstić information content (AvgIpc) is 3.19. The molecule has 0 spiro atoms. The predicted molar refractivity (Wildman–Crippen MR) is 110 cm³/mol. The number of halogens is 3. The second-order valence-corrected chi connectivity index (χ2v) is 7.89. The third kappa shape index (κ3) is 4.81. The van der Waals surface area contributed by atoms with E-state index in [1.54, 1.807) is 10.9 Å². The van der Waals surface area contributed by atoms with E-state index in [0.29, 0.717) is 37.2 Å². The van der Waals surface area contributed by atoms with Gasteiger partial charge < -0.3 is 5.32 Å².